The topological polar surface area (TPSA) is 74.6 Å². The highest BCUT2D eigenvalue weighted by atomic mass is 19.4. The molecule has 0 aromatic heterocycles. The maximum Gasteiger partial charge on any atom is 0.417 e. The van der Waals surface area contributed by atoms with Crippen LogP contribution in [0.5, 0.6) is 0 Å². The van der Waals surface area contributed by atoms with Crippen molar-refractivity contribution in [2.75, 3.05) is 0 Å². The first kappa shape index (κ1) is 17.8. The number of carboxylic acid groups (broad SMARTS) is 2. The van der Waals surface area contributed by atoms with Gasteiger partial charge in [0.2, 0.25) is 0 Å². The van der Waals surface area contributed by atoms with Crippen LogP contribution in [0.25, 0.3) is 0 Å². The van der Waals surface area contributed by atoms with E-state index in [0.717, 1.165) is 0 Å². The summed E-state index contributed by atoms with van der Waals surface area (Å²) >= 11 is 0. The zero-order chi connectivity index (χ0) is 17.6. The molecule has 0 heterocycles. The minimum atomic E-state index is -5.32. The van der Waals surface area contributed by atoms with Crippen LogP contribution in [0.1, 0.15) is 43.0 Å². The molecule has 0 aliphatic rings. The van der Waals surface area contributed by atoms with Crippen LogP contribution in [-0.4, -0.2) is 22.2 Å². The second-order valence-electron chi connectivity index (χ2n) is 4.36. The van der Waals surface area contributed by atoms with E-state index >= 15 is 0 Å². The molecule has 0 bridgehead atoms. The number of rotatable bonds is 2. The van der Waals surface area contributed by atoms with Crippen LogP contribution in [-0.2, 0) is 12.4 Å². The second-order valence-corrected chi connectivity index (χ2v) is 4.36. The maximum atomic E-state index is 13.0. The van der Waals surface area contributed by atoms with Crippen molar-refractivity contribution in [1.82, 2.24) is 0 Å². The summed E-state index contributed by atoms with van der Waals surface area (Å²) < 4.78 is 77.9. The third-order valence-corrected chi connectivity index (χ3v) is 2.99. The van der Waals surface area contributed by atoms with Crippen LogP contribution in [0.4, 0.5) is 26.3 Å². The number of halogens is 6. The van der Waals surface area contributed by atoms with Crippen molar-refractivity contribution < 1.29 is 46.1 Å². The van der Waals surface area contributed by atoms with Crippen molar-refractivity contribution in [1.29, 1.82) is 0 Å². The lowest BCUT2D eigenvalue weighted by Crippen LogP contribution is -2.25. The summed E-state index contributed by atoms with van der Waals surface area (Å²) in [6, 6.07) is 0. The van der Waals surface area contributed by atoms with E-state index in [9.17, 15) is 35.9 Å². The Morgan fingerprint density at radius 3 is 1.09 bits per heavy atom. The molecule has 0 unspecified atom stereocenters. The number of benzene rings is 1. The fourth-order valence-electron chi connectivity index (χ4n) is 2.24. The monoisotopic (exact) mass is 330 g/mol. The third-order valence-electron chi connectivity index (χ3n) is 2.99. The highest BCUT2D eigenvalue weighted by molar-refractivity contribution is 5.98. The van der Waals surface area contributed by atoms with Gasteiger partial charge >= 0.3 is 24.3 Å². The fourth-order valence-corrected chi connectivity index (χ4v) is 2.24. The van der Waals surface area contributed by atoms with Crippen LogP contribution >= 0.6 is 0 Å². The van der Waals surface area contributed by atoms with E-state index in [4.69, 9.17) is 10.2 Å². The smallest absolute Gasteiger partial charge is 0.417 e. The van der Waals surface area contributed by atoms with Crippen LogP contribution in [0.15, 0.2) is 0 Å². The van der Waals surface area contributed by atoms with Gasteiger partial charge < -0.3 is 10.2 Å². The molecule has 0 saturated carbocycles. The molecule has 2 N–H and O–H groups in total. The molecule has 0 radical (unpaired) electrons. The van der Waals surface area contributed by atoms with E-state index < -0.39 is 57.7 Å². The van der Waals surface area contributed by atoms with E-state index in [1.807, 2.05) is 0 Å². The summed E-state index contributed by atoms with van der Waals surface area (Å²) in [5.41, 5.74) is -9.61. The highest BCUT2D eigenvalue weighted by Gasteiger charge is 2.46. The van der Waals surface area contributed by atoms with Crippen molar-refractivity contribution in [3.63, 3.8) is 0 Å². The van der Waals surface area contributed by atoms with E-state index in [1.165, 1.54) is 0 Å². The van der Waals surface area contributed by atoms with Gasteiger partial charge in [-0.1, -0.05) is 0 Å². The number of carboxylic acids is 2. The Labute approximate surface area is 119 Å². The van der Waals surface area contributed by atoms with E-state index in [2.05, 4.69) is 0 Å². The van der Waals surface area contributed by atoms with Crippen LogP contribution in [0.3, 0.4) is 0 Å². The number of carbonyl (C=O) groups is 2. The Morgan fingerprint density at radius 2 is 0.955 bits per heavy atom. The molecule has 0 aliphatic heterocycles. The quantitative estimate of drug-likeness (QED) is 0.810. The molecule has 0 amide bonds. The predicted molar refractivity (Wildman–Crippen MR) is 59.8 cm³/mol. The van der Waals surface area contributed by atoms with Gasteiger partial charge in [-0.2, -0.15) is 26.3 Å². The normalized spacial score (nSPS) is 12.4. The van der Waals surface area contributed by atoms with Crippen LogP contribution < -0.4 is 0 Å². The average molecular weight is 330 g/mol. The van der Waals surface area contributed by atoms with E-state index in [-0.39, 0.29) is 0 Å². The summed E-state index contributed by atoms with van der Waals surface area (Å²) in [5.74, 6) is -4.45. The summed E-state index contributed by atoms with van der Waals surface area (Å²) in [6.45, 7) is 0.987. The Morgan fingerprint density at radius 1 is 0.727 bits per heavy atom. The zero-order valence-corrected chi connectivity index (χ0v) is 11.0. The first-order valence-electron chi connectivity index (χ1n) is 5.49. The lowest BCUT2D eigenvalue weighted by atomic mass is 9.87. The summed E-state index contributed by atoms with van der Waals surface area (Å²) in [7, 11) is 0. The minimum Gasteiger partial charge on any atom is -0.478 e. The van der Waals surface area contributed by atoms with Gasteiger partial charge in [0, 0.05) is 0 Å². The largest absolute Gasteiger partial charge is 0.478 e. The van der Waals surface area contributed by atoms with Gasteiger partial charge in [0.25, 0.3) is 0 Å². The minimum absolute atomic E-state index is 0.493. The van der Waals surface area contributed by atoms with Crippen LogP contribution in [0, 0.1) is 13.8 Å². The number of hydrogen-bond donors (Lipinski definition) is 2. The molecule has 10 heteroatoms. The van der Waals surface area contributed by atoms with Gasteiger partial charge in [-0.05, 0) is 25.0 Å². The summed E-state index contributed by atoms with van der Waals surface area (Å²) in [5, 5.41) is 17.7. The van der Waals surface area contributed by atoms with Crippen molar-refractivity contribution in [2.24, 2.45) is 0 Å². The lowest BCUT2D eigenvalue weighted by molar-refractivity contribution is -0.142. The van der Waals surface area contributed by atoms with Crippen molar-refractivity contribution in [3.05, 3.63) is 33.4 Å². The summed E-state index contributed by atoms with van der Waals surface area (Å²) in [6.07, 6.45) is -10.6. The zero-order valence-electron chi connectivity index (χ0n) is 11.0. The molecule has 0 saturated heterocycles. The molecule has 0 atom stereocenters. The molecular weight excluding hydrogens is 322 g/mol. The van der Waals surface area contributed by atoms with Gasteiger partial charge in [-0.25, -0.2) is 9.59 Å². The molecule has 0 spiro atoms. The lowest BCUT2D eigenvalue weighted by Gasteiger charge is -2.22. The van der Waals surface area contributed by atoms with Gasteiger partial charge in [-0.15, -0.1) is 0 Å². The Balaban J connectivity index is 4.18. The SMILES string of the molecule is Cc1c(C(=O)O)c(C(F)(F)F)c(C)c(C(=O)O)c1C(F)(F)F. The highest BCUT2D eigenvalue weighted by Crippen LogP contribution is 2.44. The molecule has 0 aliphatic carbocycles. The van der Waals surface area contributed by atoms with Crippen molar-refractivity contribution >= 4 is 11.9 Å². The van der Waals surface area contributed by atoms with E-state index in [1.54, 1.807) is 0 Å². The maximum absolute atomic E-state index is 13.0. The first-order valence-corrected chi connectivity index (χ1v) is 5.49. The molecular formula is C12H8F6O4. The molecule has 1 aromatic carbocycles. The van der Waals surface area contributed by atoms with Crippen LogP contribution in [0.2, 0.25) is 0 Å². The first-order chi connectivity index (χ1) is 9.71. The molecule has 1 aromatic rings. The molecule has 4 nitrogen and oxygen atoms in total. The van der Waals surface area contributed by atoms with Gasteiger partial charge in [0.05, 0.1) is 22.3 Å². The van der Waals surface area contributed by atoms with E-state index in [0.29, 0.717) is 13.8 Å². The van der Waals surface area contributed by atoms with Gasteiger partial charge in [0.15, 0.2) is 0 Å². The fraction of sp³-hybridized carbons (Fsp3) is 0.333. The molecule has 122 valence electrons. The Kier molecular flexibility index (Phi) is 4.19. The molecule has 0 fully saturated rings. The average Bonchev–Trinajstić information content (AvgIpc) is 2.26. The van der Waals surface area contributed by atoms with Crippen molar-refractivity contribution in [3.8, 4) is 0 Å². The Bertz CT molecular complexity index is 600. The Hall–Kier alpha value is -2.26. The van der Waals surface area contributed by atoms with Crippen molar-refractivity contribution in [2.45, 2.75) is 26.2 Å². The number of hydrogen-bond acceptors (Lipinski definition) is 2. The number of alkyl halides is 6. The standard InChI is InChI=1S/C12H8F6O4/c1-3-5(9(19)20)8(12(16,17)18)4(2)6(10(21)22)7(3)11(13,14)15/h1-2H3,(H,19,20)(H,21,22). The predicted octanol–water partition coefficient (Wildman–Crippen LogP) is 3.74. The van der Waals surface area contributed by atoms with Gasteiger partial charge in [-0.3, -0.25) is 0 Å². The second kappa shape index (κ2) is 5.18. The number of aromatic carboxylic acids is 2. The summed E-state index contributed by atoms with van der Waals surface area (Å²) in [4.78, 5) is 22.0. The molecule has 22 heavy (non-hydrogen) atoms. The molecule has 1 rings (SSSR count). The third kappa shape index (κ3) is 2.85. The van der Waals surface area contributed by atoms with Gasteiger partial charge in [0.1, 0.15) is 0 Å².